The van der Waals surface area contributed by atoms with Gasteiger partial charge in [0.15, 0.2) is 5.78 Å². The van der Waals surface area contributed by atoms with Gasteiger partial charge in [0, 0.05) is 57.7 Å². The monoisotopic (exact) mass is 632 g/mol. The van der Waals surface area contributed by atoms with Gasteiger partial charge in [0.1, 0.15) is 17.6 Å². The maximum atomic E-state index is 15.7. The number of carbonyl (C=O) groups is 4. The summed E-state index contributed by atoms with van der Waals surface area (Å²) in [6, 6.07) is 14.6. The summed E-state index contributed by atoms with van der Waals surface area (Å²) in [6.45, 7) is 10.3. The second kappa shape index (κ2) is 15.8. The summed E-state index contributed by atoms with van der Waals surface area (Å²) in [4.78, 5) is 56.9. The summed E-state index contributed by atoms with van der Waals surface area (Å²) in [5.41, 5.74) is 1.78. The molecule has 0 radical (unpaired) electrons. The standard InChI is InChI=1S/C35H45FN6O4/c1-6-32(44)39-33(35(46)41-19-17-40(5)18-20-41)24(4)26-13-14-29(28(36)21-26)38-34(45)27(23(3)25-11-9-8-10-12-25)22-31(43)30-15-16-37-42(30)7-2/h8-16,21,23-24,27,33H,6-7,17-20,22H2,1-5H3,(H,38,45)(H,39,44)/t23-,24-,27?,33+/m0/s1. The zero-order valence-electron chi connectivity index (χ0n) is 27.3. The van der Waals surface area contributed by atoms with Gasteiger partial charge in [0.25, 0.3) is 0 Å². The fourth-order valence-electron chi connectivity index (χ4n) is 5.84. The minimum Gasteiger partial charge on any atom is -0.344 e. The van der Waals surface area contributed by atoms with E-state index in [1.54, 1.807) is 41.8 Å². The van der Waals surface area contributed by atoms with Crippen molar-refractivity contribution in [1.29, 1.82) is 0 Å². The molecule has 3 amide bonds. The van der Waals surface area contributed by atoms with Gasteiger partial charge >= 0.3 is 0 Å². The van der Waals surface area contributed by atoms with Crippen molar-refractivity contribution >= 4 is 29.2 Å². The van der Waals surface area contributed by atoms with Gasteiger partial charge in [-0.2, -0.15) is 5.10 Å². The molecule has 4 atom stereocenters. The van der Waals surface area contributed by atoms with Crippen molar-refractivity contribution in [3.05, 3.63) is 83.4 Å². The van der Waals surface area contributed by atoms with Crippen LogP contribution in [0, 0.1) is 11.7 Å². The van der Waals surface area contributed by atoms with E-state index in [-0.39, 0.29) is 42.0 Å². The fourth-order valence-corrected chi connectivity index (χ4v) is 5.84. The lowest BCUT2D eigenvalue weighted by molar-refractivity contribution is -0.138. The zero-order valence-corrected chi connectivity index (χ0v) is 27.3. The van der Waals surface area contributed by atoms with E-state index in [4.69, 9.17) is 0 Å². The number of Topliss-reactive ketones (excluding diaryl/α,β-unsaturated/α-hetero) is 1. The van der Waals surface area contributed by atoms with E-state index in [2.05, 4.69) is 20.6 Å². The Morgan fingerprint density at radius 3 is 2.24 bits per heavy atom. The molecule has 11 heteroatoms. The van der Waals surface area contributed by atoms with Crippen LogP contribution in [0.3, 0.4) is 0 Å². The number of aromatic nitrogens is 2. The molecule has 0 aliphatic carbocycles. The largest absolute Gasteiger partial charge is 0.344 e. The summed E-state index contributed by atoms with van der Waals surface area (Å²) < 4.78 is 17.2. The van der Waals surface area contributed by atoms with Crippen molar-refractivity contribution in [3.8, 4) is 0 Å². The number of ketones is 1. The number of aryl methyl sites for hydroxylation is 1. The molecule has 2 heterocycles. The van der Waals surface area contributed by atoms with Crippen LogP contribution in [0.5, 0.6) is 0 Å². The Bertz CT molecular complexity index is 1520. The number of benzene rings is 2. The van der Waals surface area contributed by atoms with Crippen LogP contribution in [-0.2, 0) is 20.9 Å². The topological polar surface area (TPSA) is 117 Å². The van der Waals surface area contributed by atoms with Crippen LogP contribution in [-0.4, -0.2) is 82.4 Å². The van der Waals surface area contributed by atoms with Crippen LogP contribution >= 0.6 is 0 Å². The van der Waals surface area contributed by atoms with Gasteiger partial charge in [-0.05, 0) is 49.2 Å². The smallest absolute Gasteiger partial charge is 0.245 e. The first kappa shape index (κ1) is 34.5. The quantitative estimate of drug-likeness (QED) is 0.269. The maximum Gasteiger partial charge on any atom is 0.245 e. The molecule has 246 valence electrons. The van der Waals surface area contributed by atoms with Gasteiger partial charge in [-0.15, -0.1) is 0 Å². The van der Waals surface area contributed by atoms with E-state index >= 15 is 4.39 Å². The molecule has 1 saturated heterocycles. The number of piperazine rings is 1. The van der Waals surface area contributed by atoms with Crippen molar-refractivity contribution in [2.24, 2.45) is 5.92 Å². The molecule has 1 unspecified atom stereocenters. The SMILES string of the molecule is CCC(=O)N[C@@H](C(=O)N1CCN(C)CC1)[C@@H](C)c1ccc(NC(=O)C(CC(=O)c2ccnn2CC)[C@@H](C)c2ccccc2)c(F)c1. The predicted molar refractivity (Wildman–Crippen MR) is 175 cm³/mol. The maximum absolute atomic E-state index is 15.7. The molecule has 2 N–H and O–H groups in total. The summed E-state index contributed by atoms with van der Waals surface area (Å²) in [6.07, 6.45) is 1.68. The van der Waals surface area contributed by atoms with E-state index in [0.29, 0.717) is 30.9 Å². The highest BCUT2D eigenvalue weighted by Gasteiger charge is 2.34. The molecule has 4 rings (SSSR count). The Balaban J connectivity index is 1.55. The van der Waals surface area contributed by atoms with E-state index in [1.807, 2.05) is 51.2 Å². The van der Waals surface area contributed by atoms with Gasteiger partial charge in [-0.3, -0.25) is 23.9 Å². The van der Waals surface area contributed by atoms with E-state index in [9.17, 15) is 19.2 Å². The van der Waals surface area contributed by atoms with Crippen LogP contribution in [0.4, 0.5) is 10.1 Å². The molecule has 2 aromatic carbocycles. The number of likely N-dealkylation sites (N-methyl/N-ethyl adjacent to an activating group) is 1. The van der Waals surface area contributed by atoms with Crippen molar-refractivity contribution < 1.29 is 23.6 Å². The average Bonchev–Trinajstić information content (AvgIpc) is 3.56. The molecule has 1 aromatic heterocycles. The molecule has 0 spiro atoms. The van der Waals surface area contributed by atoms with E-state index < -0.39 is 29.6 Å². The van der Waals surface area contributed by atoms with Crippen molar-refractivity contribution in [3.63, 3.8) is 0 Å². The number of nitrogens with one attached hydrogen (secondary N) is 2. The van der Waals surface area contributed by atoms with Crippen LogP contribution in [0.25, 0.3) is 0 Å². The highest BCUT2D eigenvalue weighted by Crippen LogP contribution is 2.31. The molecule has 0 saturated carbocycles. The molecule has 1 fully saturated rings. The lowest BCUT2D eigenvalue weighted by Gasteiger charge is -2.36. The number of nitrogens with zero attached hydrogens (tertiary/aromatic N) is 4. The average molecular weight is 633 g/mol. The highest BCUT2D eigenvalue weighted by molar-refractivity contribution is 6.00. The van der Waals surface area contributed by atoms with Crippen LogP contribution in [0.15, 0.2) is 60.8 Å². The predicted octanol–water partition coefficient (Wildman–Crippen LogP) is 4.45. The molecular formula is C35H45FN6O4. The molecule has 10 nitrogen and oxygen atoms in total. The number of amides is 3. The number of anilines is 1. The van der Waals surface area contributed by atoms with E-state index in [1.165, 1.54) is 12.1 Å². The second-order valence-corrected chi connectivity index (χ2v) is 12.0. The minimum absolute atomic E-state index is 0.0307. The van der Waals surface area contributed by atoms with Crippen molar-refractivity contribution in [1.82, 2.24) is 24.9 Å². The number of halogens is 1. The van der Waals surface area contributed by atoms with Gasteiger partial charge < -0.3 is 20.4 Å². The highest BCUT2D eigenvalue weighted by atomic mass is 19.1. The number of hydrogen-bond donors (Lipinski definition) is 2. The summed E-state index contributed by atoms with van der Waals surface area (Å²) in [5.74, 6) is -3.51. The third-order valence-electron chi connectivity index (χ3n) is 8.97. The van der Waals surface area contributed by atoms with Crippen LogP contribution < -0.4 is 10.6 Å². The first-order valence-corrected chi connectivity index (χ1v) is 16.0. The normalized spacial score (nSPS) is 16.3. The second-order valence-electron chi connectivity index (χ2n) is 12.0. The van der Waals surface area contributed by atoms with Gasteiger partial charge in [0.2, 0.25) is 17.7 Å². The molecular weight excluding hydrogens is 587 g/mol. The molecule has 3 aromatic rings. The Hall–Kier alpha value is -4.38. The minimum atomic E-state index is -0.866. The lowest BCUT2D eigenvalue weighted by atomic mass is 9.83. The van der Waals surface area contributed by atoms with Crippen LogP contribution in [0.2, 0.25) is 0 Å². The van der Waals surface area contributed by atoms with Crippen LogP contribution in [0.1, 0.15) is 74.0 Å². The fraction of sp³-hybridized carbons (Fsp3) is 0.457. The molecule has 1 aliphatic heterocycles. The number of rotatable bonds is 13. The number of carbonyl (C=O) groups excluding carboxylic acids is 4. The first-order valence-electron chi connectivity index (χ1n) is 16.0. The summed E-state index contributed by atoms with van der Waals surface area (Å²) in [7, 11) is 1.99. The van der Waals surface area contributed by atoms with Gasteiger partial charge in [-0.25, -0.2) is 4.39 Å². The Morgan fingerprint density at radius 2 is 1.61 bits per heavy atom. The number of hydrogen-bond acceptors (Lipinski definition) is 6. The van der Waals surface area contributed by atoms with E-state index in [0.717, 1.165) is 18.7 Å². The summed E-state index contributed by atoms with van der Waals surface area (Å²) >= 11 is 0. The first-order chi connectivity index (χ1) is 22.0. The molecule has 1 aliphatic rings. The third-order valence-corrected chi connectivity index (χ3v) is 8.97. The lowest BCUT2D eigenvalue weighted by Crippen LogP contribution is -2.55. The Morgan fingerprint density at radius 1 is 0.913 bits per heavy atom. The molecule has 0 bridgehead atoms. The Kier molecular flexibility index (Phi) is 11.8. The third kappa shape index (κ3) is 8.25. The van der Waals surface area contributed by atoms with Gasteiger partial charge in [-0.1, -0.05) is 57.2 Å². The summed E-state index contributed by atoms with van der Waals surface area (Å²) in [5, 5.41) is 9.75. The van der Waals surface area contributed by atoms with Crippen molar-refractivity contribution in [2.45, 2.75) is 65.0 Å². The van der Waals surface area contributed by atoms with Gasteiger partial charge in [0.05, 0.1) is 11.6 Å². The van der Waals surface area contributed by atoms with Crippen molar-refractivity contribution in [2.75, 3.05) is 38.5 Å². The Labute approximate surface area is 270 Å². The zero-order chi connectivity index (χ0) is 33.4. The molecule has 46 heavy (non-hydrogen) atoms.